The zero-order valence-electron chi connectivity index (χ0n) is 11.9. The van der Waals surface area contributed by atoms with Crippen molar-refractivity contribution in [3.63, 3.8) is 0 Å². The lowest BCUT2D eigenvalue weighted by molar-refractivity contribution is -0.116. The second kappa shape index (κ2) is 8.02. The van der Waals surface area contributed by atoms with Gasteiger partial charge in [0, 0.05) is 25.3 Å². The summed E-state index contributed by atoms with van der Waals surface area (Å²) in [5.41, 5.74) is 7.42. The molecule has 1 saturated carbocycles. The lowest BCUT2D eigenvalue weighted by Crippen LogP contribution is -2.15. The van der Waals surface area contributed by atoms with E-state index in [1.165, 1.54) is 25.7 Å². The van der Waals surface area contributed by atoms with Gasteiger partial charge in [-0.2, -0.15) is 0 Å². The monoisotopic (exact) mass is 276 g/mol. The van der Waals surface area contributed by atoms with Crippen LogP contribution in [0.5, 0.6) is 0 Å². The average molecular weight is 276 g/mol. The zero-order chi connectivity index (χ0) is 14.2. The van der Waals surface area contributed by atoms with Crippen LogP contribution in [-0.4, -0.2) is 18.6 Å². The van der Waals surface area contributed by atoms with Crippen molar-refractivity contribution in [3.8, 4) is 0 Å². The summed E-state index contributed by atoms with van der Waals surface area (Å²) in [6.07, 6.45) is 6.60. The summed E-state index contributed by atoms with van der Waals surface area (Å²) in [4.78, 5) is 11.9. The van der Waals surface area contributed by atoms with E-state index in [1.54, 1.807) is 0 Å². The van der Waals surface area contributed by atoms with Crippen molar-refractivity contribution >= 4 is 11.6 Å². The maximum atomic E-state index is 11.9. The number of benzene rings is 1. The molecule has 0 saturated heterocycles. The molecule has 1 aliphatic rings. The molecule has 1 fully saturated rings. The molecule has 0 spiro atoms. The van der Waals surface area contributed by atoms with Crippen LogP contribution in [0.2, 0.25) is 0 Å². The van der Waals surface area contributed by atoms with E-state index in [1.807, 2.05) is 24.3 Å². The molecule has 3 N–H and O–H groups in total. The van der Waals surface area contributed by atoms with E-state index in [4.69, 9.17) is 10.5 Å². The van der Waals surface area contributed by atoms with E-state index in [9.17, 15) is 4.79 Å². The average Bonchev–Trinajstić information content (AvgIpc) is 2.97. The van der Waals surface area contributed by atoms with Crippen LogP contribution in [0.3, 0.4) is 0 Å². The smallest absolute Gasteiger partial charge is 0.224 e. The van der Waals surface area contributed by atoms with Gasteiger partial charge >= 0.3 is 0 Å². The van der Waals surface area contributed by atoms with E-state index in [2.05, 4.69) is 5.32 Å². The van der Waals surface area contributed by atoms with Crippen molar-refractivity contribution in [1.29, 1.82) is 0 Å². The van der Waals surface area contributed by atoms with Crippen LogP contribution in [0.4, 0.5) is 5.69 Å². The van der Waals surface area contributed by atoms with Gasteiger partial charge in [0.25, 0.3) is 0 Å². The fraction of sp³-hybridized carbons (Fsp3) is 0.562. The molecule has 0 radical (unpaired) electrons. The fourth-order valence-electron chi connectivity index (χ4n) is 2.57. The molecule has 4 heteroatoms. The van der Waals surface area contributed by atoms with Gasteiger partial charge in [-0.15, -0.1) is 0 Å². The van der Waals surface area contributed by atoms with E-state index in [0.29, 0.717) is 25.7 Å². The first kappa shape index (κ1) is 15.0. The minimum absolute atomic E-state index is 0.0286. The van der Waals surface area contributed by atoms with Gasteiger partial charge in [-0.1, -0.05) is 31.0 Å². The van der Waals surface area contributed by atoms with Crippen molar-refractivity contribution in [1.82, 2.24) is 0 Å². The number of anilines is 1. The van der Waals surface area contributed by atoms with Gasteiger partial charge < -0.3 is 15.8 Å². The Morgan fingerprint density at radius 1 is 1.30 bits per heavy atom. The maximum absolute atomic E-state index is 11.9. The highest BCUT2D eigenvalue weighted by molar-refractivity contribution is 5.91. The van der Waals surface area contributed by atoms with Gasteiger partial charge in [0.15, 0.2) is 0 Å². The van der Waals surface area contributed by atoms with E-state index < -0.39 is 0 Å². The molecule has 1 aromatic carbocycles. The zero-order valence-corrected chi connectivity index (χ0v) is 11.9. The molecule has 0 bridgehead atoms. The molecule has 0 aromatic heterocycles. The van der Waals surface area contributed by atoms with Crippen LogP contribution in [0.1, 0.15) is 44.1 Å². The van der Waals surface area contributed by atoms with Crippen LogP contribution in [0.25, 0.3) is 0 Å². The first-order valence-electron chi connectivity index (χ1n) is 7.49. The minimum atomic E-state index is 0.0286. The summed E-state index contributed by atoms with van der Waals surface area (Å²) in [6, 6.07) is 7.64. The summed E-state index contributed by atoms with van der Waals surface area (Å²) in [7, 11) is 0. The largest absolute Gasteiger partial charge is 0.378 e. The number of ether oxygens (including phenoxy) is 1. The molecular weight excluding hydrogens is 252 g/mol. The molecule has 0 unspecified atom stereocenters. The molecule has 20 heavy (non-hydrogen) atoms. The molecule has 0 aliphatic heterocycles. The number of amides is 1. The molecule has 0 heterocycles. The predicted octanol–water partition coefficient (Wildman–Crippen LogP) is 2.82. The Morgan fingerprint density at radius 2 is 2.05 bits per heavy atom. The van der Waals surface area contributed by atoms with Crippen LogP contribution < -0.4 is 11.1 Å². The van der Waals surface area contributed by atoms with Crippen LogP contribution in [0.15, 0.2) is 24.3 Å². The third-order valence-electron chi connectivity index (χ3n) is 3.72. The van der Waals surface area contributed by atoms with Crippen LogP contribution in [0, 0.1) is 0 Å². The summed E-state index contributed by atoms with van der Waals surface area (Å²) >= 11 is 0. The summed E-state index contributed by atoms with van der Waals surface area (Å²) < 4.78 is 5.75. The lowest BCUT2D eigenvalue weighted by Gasteiger charge is -2.11. The lowest BCUT2D eigenvalue weighted by atomic mass is 10.1. The first-order chi connectivity index (χ1) is 9.79. The molecule has 1 amide bonds. The van der Waals surface area contributed by atoms with Gasteiger partial charge in [0.05, 0.1) is 6.10 Å². The number of hydrogen-bond acceptors (Lipinski definition) is 3. The van der Waals surface area contributed by atoms with Gasteiger partial charge in [-0.25, -0.2) is 0 Å². The molecule has 2 rings (SSSR count). The number of hydrogen-bond donors (Lipinski definition) is 2. The Morgan fingerprint density at radius 3 is 2.80 bits per heavy atom. The predicted molar refractivity (Wildman–Crippen MR) is 80.4 cm³/mol. The molecule has 110 valence electrons. The van der Waals surface area contributed by atoms with Crippen molar-refractivity contribution in [3.05, 3.63) is 29.8 Å². The third-order valence-corrected chi connectivity index (χ3v) is 3.72. The number of carbonyl (C=O) groups excluding carboxylic acids is 1. The number of para-hydroxylation sites is 1. The Labute approximate surface area is 120 Å². The van der Waals surface area contributed by atoms with Crippen molar-refractivity contribution in [2.45, 2.75) is 51.2 Å². The Bertz CT molecular complexity index is 428. The normalized spacial score (nSPS) is 15.4. The van der Waals surface area contributed by atoms with E-state index in [-0.39, 0.29) is 5.91 Å². The van der Waals surface area contributed by atoms with E-state index >= 15 is 0 Å². The Kier molecular flexibility index (Phi) is 6.02. The third kappa shape index (κ3) is 4.62. The van der Waals surface area contributed by atoms with Crippen LogP contribution >= 0.6 is 0 Å². The molecule has 1 aromatic rings. The van der Waals surface area contributed by atoms with Crippen molar-refractivity contribution < 1.29 is 9.53 Å². The maximum Gasteiger partial charge on any atom is 0.224 e. The fourth-order valence-corrected chi connectivity index (χ4v) is 2.57. The highest BCUT2D eigenvalue weighted by Crippen LogP contribution is 2.21. The Balaban J connectivity index is 1.67. The quantitative estimate of drug-likeness (QED) is 0.753. The number of carbonyl (C=O) groups is 1. The number of nitrogens with two attached hydrogens (primary N) is 1. The van der Waals surface area contributed by atoms with Crippen LogP contribution in [-0.2, 0) is 16.1 Å². The van der Waals surface area contributed by atoms with Gasteiger partial charge in [0.2, 0.25) is 5.91 Å². The SMILES string of the molecule is NCc1ccccc1NC(=O)CCCOC1CCCC1. The standard InChI is InChI=1S/C16H24N2O2/c17-12-13-6-1-4-9-15(13)18-16(19)10-5-11-20-14-7-2-3-8-14/h1,4,6,9,14H,2-3,5,7-8,10-12,17H2,(H,18,19). The first-order valence-corrected chi connectivity index (χ1v) is 7.49. The topological polar surface area (TPSA) is 64.3 Å². The second-order valence-electron chi connectivity index (χ2n) is 5.29. The summed E-state index contributed by atoms with van der Waals surface area (Å²) in [6.45, 7) is 1.11. The number of nitrogens with one attached hydrogen (secondary N) is 1. The second-order valence-corrected chi connectivity index (χ2v) is 5.29. The highest BCUT2D eigenvalue weighted by atomic mass is 16.5. The van der Waals surface area contributed by atoms with Crippen molar-refractivity contribution in [2.75, 3.05) is 11.9 Å². The van der Waals surface area contributed by atoms with Gasteiger partial charge in [0.1, 0.15) is 0 Å². The van der Waals surface area contributed by atoms with Gasteiger partial charge in [-0.3, -0.25) is 4.79 Å². The molecule has 1 aliphatic carbocycles. The van der Waals surface area contributed by atoms with Gasteiger partial charge in [-0.05, 0) is 30.9 Å². The highest BCUT2D eigenvalue weighted by Gasteiger charge is 2.15. The van der Waals surface area contributed by atoms with E-state index in [0.717, 1.165) is 17.7 Å². The molecule has 4 nitrogen and oxygen atoms in total. The minimum Gasteiger partial charge on any atom is -0.378 e. The summed E-state index contributed by atoms with van der Waals surface area (Å²) in [5, 5.41) is 2.92. The molecular formula is C16H24N2O2. The van der Waals surface area contributed by atoms with Crippen molar-refractivity contribution in [2.24, 2.45) is 5.73 Å². The summed E-state index contributed by atoms with van der Waals surface area (Å²) in [5.74, 6) is 0.0286. The number of rotatable bonds is 7. The Hall–Kier alpha value is -1.39. The molecule has 0 atom stereocenters.